The average Bonchev–Trinajstić information content (AvgIpc) is 3.06. The zero-order valence-corrected chi connectivity index (χ0v) is 16.9. The van der Waals surface area contributed by atoms with Crippen LogP contribution in [0.2, 0.25) is 0 Å². The van der Waals surface area contributed by atoms with E-state index in [1.54, 1.807) is 0 Å². The Morgan fingerprint density at radius 3 is 2.31 bits per heavy atom. The normalized spacial score (nSPS) is 12.2. The number of carbonyl (C=O) groups is 2. The van der Waals surface area contributed by atoms with Crippen LogP contribution in [0.1, 0.15) is 51.5 Å². The Morgan fingerprint density at radius 1 is 1.08 bits per heavy atom. The fourth-order valence-electron chi connectivity index (χ4n) is 2.81. The number of nitrogens with zero attached hydrogens (tertiary/aromatic N) is 1. The number of carbonyl (C=O) groups excluding carboxylic acids is 2. The highest BCUT2D eigenvalue weighted by Crippen LogP contribution is 2.19. The summed E-state index contributed by atoms with van der Waals surface area (Å²) >= 11 is 1.48. The number of benzene rings is 1. The van der Waals surface area contributed by atoms with E-state index in [1.807, 2.05) is 33.2 Å². The summed E-state index contributed by atoms with van der Waals surface area (Å²) < 4.78 is 0. The second-order valence-electron chi connectivity index (χ2n) is 6.71. The van der Waals surface area contributed by atoms with Crippen LogP contribution in [-0.4, -0.2) is 37.2 Å². The molecule has 1 aromatic heterocycles. The molecule has 0 fully saturated rings. The van der Waals surface area contributed by atoms with Gasteiger partial charge in [0, 0.05) is 24.3 Å². The van der Waals surface area contributed by atoms with E-state index < -0.39 is 0 Å². The monoisotopic (exact) mass is 372 g/mol. The molecule has 2 rings (SSSR count). The lowest BCUT2D eigenvalue weighted by Crippen LogP contribution is -2.34. The lowest BCUT2D eigenvalue weighted by molar-refractivity contribution is -0.121. The van der Waals surface area contributed by atoms with E-state index in [4.69, 9.17) is 0 Å². The van der Waals surface area contributed by atoms with Gasteiger partial charge in [-0.15, -0.1) is 11.3 Å². The molecule has 1 amide bonds. The van der Waals surface area contributed by atoms with Crippen LogP contribution in [0, 0.1) is 6.92 Å². The van der Waals surface area contributed by atoms with Crippen molar-refractivity contribution in [1.29, 1.82) is 0 Å². The van der Waals surface area contributed by atoms with Gasteiger partial charge in [-0.05, 0) is 50.7 Å². The fraction of sp³-hybridized carbons (Fsp3) is 0.429. The Bertz CT molecular complexity index is 735. The summed E-state index contributed by atoms with van der Waals surface area (Å²) in [5.41, 5.74) is 2.48. The smallest absolute Gasteiger partial charge is 0.220 e. The SMILES string of the molecule is CCc1ccc(C(CNC(=O)CCC(=O)c2ccc(C)s2)N(C)C)cc1. The number of hydrogen-bond acceptors (Lipinski definition) is 4. The van der Waals surface area contributed by atoms with Crippen LogP contribution in [-0.2, 0) is 11.2 Å². The van der Waals surface area contributed by atoms with Crippen LogP contribution in [0.5, 0.6) is 0 Å². The summed E-state index contributed by atoms with van der Waals surface area (Å²) in [4.78, 5) is 28.2. The van der Waals surface area contributed by atoms with Gasteiger partial charge in [0.05, 0.1) is 10.9 Å². The number of amides is 1. The number of likely N-dealkylation sites (N-methyl/N-ethyl adjacent to an activating group) is 1. The molecular formula is C21H28N2O2S. The first kappa shape index (κ1) is 20.3. The first-order chi connectivity index (χ1) is 12.4. The zero-order chi connectivity index (χ0) is 19.1. The largest absolute Gasteiger partial charge is 0.354 e. The molecular weight excluding hydrogens is 344 g/mol. The second kappa shape index (κ2) is 9.64. The molecule has 1 unspecified atom stereocenters. The minimum atomic E-state index is -0.0799. The second-order valence-corrected chi connectivity index (χ2v) is 8.00. The molecule has 1 atom stereocenters. The third-order valence-electron chi connectivity index (χ3n) is 4.48. The number of thiophene rings is 1. The van der Waals surface area contributed by atoms with Crippen molar-refractivity contribution >= 4 is 23.0 Å². The molecule has 5 heteroatoms. The molecule has 26 heavy (non-hydrogen) atoms. The number of nitrogens with one attached hydrogen (secondary N) is 1. The van der Waals surface area contributed by atoms with Gasteiger partial charge in [-0.1, -0.05) is 31.2 Å². The van der Waals surface area contributed by atoms with Gasteiger partial charge in [-0.3, -0.25) is 9.59 Å². The van der Waals surface area contributed by atoms with E-state index in [0.29, 0.717) is 6.54 Å². The molecule has 0 aliphatic carbocycles. The number of ketones is 1. The third kappa shape index (κ3) is 5.78. The van der Waals surface area contributed by atoms with Crippen molar-refractivity contribution in [2.75, 3.05) is 20.6 Å². The highest BCUT2D eigenvalue weighted by atomic mass is 32.1. The van der Waals surface area contributed by atoms with E-state index >= 15 is 0 Å². The van der Waals surface area contributed by atoms with E-state index in [9.17, 15) is 9.59 Å². The Labute approximate surface area is 160 Å². The minimum absolute atomic E-state index is 0.0394. The molecule has 4 nitrogen and oxygen atoms in total. The number of hydrogen-bond donors (Lipinski definition) is 1. The first-order valence-electron chi connectivity index (χ1n) is 9.02. The van der Waals surface area contributed by atoms with Crippen LogP contribution >= 0.6 is 11.3 Å². The first-order valence-corrected chi connectivity index (χ1v) is 9.84. The van der Waals surface area contributed by atoms with E-state index in [0.717, 1.165) is 16.2 Å². The molecule has 1 heterocycles. The maximum absolute atomic E-state index is 12.2. The Balaban J connectivity index is 1.85. The van der Waals surface area contributed by atoms with Gasteiger partial charge in [0.2, 0.25) is 5.91 Å². The predicted molar refractivity (Wildman–Crippen MR) is 108 cm³/mol. The lowest BCUT2D eigenvalue weighted by Gasteiger charge is -2.25. The van der Waals surface area contributed by atoms with Crippen molar-refractivity contribution in [1.82, 2.24) is 10.2 Å². The molecule has 1 aromatic carbocycles. The van der Waals surface area contributed by atoms with Gasteiger partial charge < -0.3 is 10.2 Å². The molecule has 0 aliphatic heterocycles. The lowest BCUT2D eigenvalue weighted by atomic mass is 10.0. The summed E-state index contributed by atoms with van der Waals surface area (Å²) in [6.45, 7) is 4.64. The topological polar surface area (TPSA) is 49.4 Å². The molecule has 2 aromatic rings. The van der Waals surface area contributed by atoms with Crippen LogP contribution in [0.15, 0.2) is 36.4 Å². The minimum Gasteiger partial charge on any atom is -0.354 e. The summed E-state index contributed by atoms with van der Waals surface area (Å²) in [5, 5.41) is 2.97. The molecule has 140 valence electrons. The molecule has 0 bridgehead atoms. The van der Waals surface area contributed by atoms with Crippen LogP contribution in [0.25, 0.3) is 0 Å². The Hall–Kier alpha value is -1.98. The van der Waals surface area contributed by atoms with Crippen molar-refractivity contribution in [2.24, 2.45) is 0 Å². The Morgan fingerprint density at radius 2 is 1.77 bits per heavy atom. The predicted octanol–water partition coefficient (Wildman–Crippen LogP) is 4.00. The van der Waals surface area contributed by atoms with Crippen molar-refractivity contribution < 1.29 is 9.59 Å². The molecule has 0 radical (unpaired) electrons. The maximum atomic E-state index is 12.2. The summed E-state index contributed by atoms with van der Waals surface area (Å²) in [5.74, 6) is -0.0405. The summed E-state index contributed by atoms with van der Waals surface area (Å²) in [7, 11) is 4.01. The number of rotatable bonds is 9. The van der Waals surface area contributed by atoms with Gasteiger partial charge >= 0.3 is 0 Å². The van der Waals surface area contributed by atoms with Crippen molar-refractivity contribution in [3.05, 3.63) is 57.3 Å². The fourth-order valence-corrected chi connectivity index (χ4v) is 3.64. The quantitative estimate of drug-likeness (QED) is 0.677. The van der Waals surface area contributed by atoms with Crippen molar-refractivity contribution in [2.45, 2.75) is 39.2 Å². The number of aryl methyl sites for hydroxylation is 2. The van der Waals surface area contributed by atoms with Gasteiger partial charge in [0.15, 0.2) is 5.78 Å². The molecule has 0 aliphatic rings. The molecule has 1 N–H and O–H groups in total. The molecule has 0 saturated carbocycles. The number of Topliss-reactive ketones (excluding diaryl/α,β-unsaturated/α-hetero) is 1. The summed E-state index contributed by atoms with van der Waals surface area (Å²) in [6.07, 6.45) is 1.50. The van der Waals surface area contributed by atoms with Crippen LogP contribution in [0.3, 0.4) is 0 Å². The Kier molecular flexibility index (Phi) is 7.54. The van der Waals surface area contributed by atoms with Crippen LogP contribution < -0.4 is 5.32 Å². The highest BCUT2D eigenvalue weighted by molar-refractivity contribution is 7.14. The average molecular weight is 373 g/mol. The highest BCUT2D eigenvalue weighted by Gasteiger charge is 2.16. The maximum Gasteiger partial charge on any atom is 0.220 e. The molecule has 0 spiro atoms. The van der Waals surface area contributed by atoms with Gasteiger partial charge in [0.25, 0.3) is 0 Å². The summed E-state index contributed by atoms with van der Waals surface area (Å²) in [6, 6.07) is 12.4. The van der Waals surface area contributed by atoms with E-state index in [1.165, 1.54) is 22.5 Å². The van der Waals surface area contributed by atoms with Crippen molar-refractivity contribution in [3.8, 4) is 0 Å². The zero-order valence-electron chi connectivity index (χ0n) is 16.0. The molecule has 0 saturated heterocycles. The van der Waals surface area contributed by atoms with Gasteiger partial charge in [-0.25, -0.2) is 0 Å². The standard InChI is InChI=1S/C21H28N2O2S/c1-5-16-7-9-17(10-8-16)18(23(3)4)14-22-21(25)13-11-19(24)20-12-6-15(2)26-20/h6-10,12,18H,5,11,13-14H2,1-4H3,(H,22,25). The van der Waals surface area contributed by atoms with Gasteiger partial charge in [0.1, 0.15) is 0 Å². The van der Waals surface area contributed by atoms with E-state index in [2.05, 4.69) is 41.4 Å². The van der Waals surface area contributed by atoms with Crippen LogP contribution in [0.4, 0.5) is 0 Å². The van der Waals surface area contributed by atoms with Gasteiger partial charge in [-0.2, -0.15) is 0 Å². The third-order valence-corrected chi connectivity index (χ3v) is 5.52. The van der Waals surface area contributed by atoms with Crippen molar-refractivity contribution in [3.63, 3.8) is 0 Å². The van der Waals surface area contributed by atoms with E-state index in [-0.39, 0.29) is 30.6 Å².